The fourth-order valence-corrected chi connectivity index (χ4v) is 8.64. The third-order valence-electron chi connectivity index (χ3n) is 11.7. The number of hydrogen-bond donors (Lipinski definition) is 3. The standard InChI is InChI=1S/C42H44N10O4/c1-24-4-9-34(25(2)18-24)45-37-33-21-43-42(47-38(33)49(3)48-37)44-29-6-5-27-14-15-50(23-28(27)19-29)22-26-12-16-51(17-13-26)30-7-8-31-32(20-30)41(56)52(40(31)55)35-10-11-36(53)46-39(35)54/h4-9,18-21,26,35H,10-17,22-23H2,1-3H3,(H,45,48)(H,43,44,47)(H,46,53,54). The number of fused-ring (bicyclic) bond motifs is 3. The molecule has 3 aromatic carbocycles. The first-order valence-electron chi connectivity index (χ1n) is 19.3. The summed E-state index contributed by atoms with van der Waals surface area (Å²) in [6.45, 7) is 8.78. The van der Waals surface area contributed by atoms with Gasteiger partial charge in [0, 0.05) is 69.5 Å². The highest BCUT2D eigenvalue weighted by atomic mass is 16.2. The largest absolute Gasteiger partial charge is 0.371 e. The highest BCUT2D eigenvalue weighted by Crippen LogP contribution is 2.34. The van der Waals surface area contributed by atoms with Gasteiger partial charge in [-0.3, -0.25) is 34.3 Å². The summed E-state index contributed by atoms with van der Waals surface area (Å²) in [4.78, 5) is 65.9. The zero-order chi connectivity index (χ0) is 38.7. The third-order valence-corrected chi connectivity index (χ3v) is 11.7. The zero-order valence-corrected chi connectivity index (χ0v) is 31.8. The quantitative estimate of drug-likeness (QED) is 0.180. The summed E-state index contributed by atoms with van der Waals surface area (Å²) in [6.07, 6.45) is 5.10. The van der Waals surface area contributed by atoms with Crippen molar-refractivity contribution in [2.45, 2.75) is 58.5 Å². The monoisotopic (exact) mass is 752 g/mol. The van der Waals surface area contributed by atoms with Crippen molar-refractivity contribution in [2.24, 2.45) is 13.0 Å². The number of nitrogens with zero attached hydrogens (tertiary/aromatic N) is 7. The molecule has 0 aliphatic carbocycles. The molecule has 0 bridgehead atoms. The van der Waals surface area contributed by atoms with Gasteiger partial charge in [0.2, 0.25) is 17.8 Å². The van der Waals surface area contributed by atoms with Crippen LogP contribution in [0, 0.1) is 19.8 Å². The number of carbonyl (C=O) groups is 4. The molecule has 56 heavy (non-hydrogen) atoms. The van der Waals surface area contributed by atoms with E-state index in [0.717, 1.165) is 96.4 Å². The van der Waals surface area contributed by atoms with Gasteiger partial charge in [0.15, 0.2) is 11.5 Å². The number of aryl methyl sites for hydroxylation is 3. The summed E-state index contributed by atoms with van der Waals surface area (Å²) >= 11 is 0. The molecule has 1 atom stereocenters. The smallest absolute Gasteiger partial charge is 0.262 e. The molecular weight excluding hydrogens is 709 g/mol. The van der Waals surface area contributed by atoms with Crippen molar-refractivity contribution in [3.05, 3.63) is 94.2 Å². The minimum absolute atomic E-state index is 0.0982. The number of benzene rings is 3. The molecular formula is C42H44N10O4. The lowest BCUT2D eigenvalue weighted by atomic mass is 9.93. The Morgan fingerprint density at radius 2 is 1.66 bits per heavy atom. The summed E-state index contributed by atoms with van der Waals surface area (Å²) < 4.78 is 1.77. The molecule has 2 saturated heterocycles. The van der Waals surface area contributed by atoms with E-state index in [9.17, 15) is 19.2 Å². The van der Waals surface area contributed by atoms with Gasteiger partial charge >= 0.3 is 0 Å². The van der Waals surface area contributed by atoms with Crippen molar-refractivity contribution in [1.29, 1.82) is 0 Å². The van der Waals surface area contributed by atoms with Crippen molar-refractivity contribution in [1.82, 2.24) is 34.9 Å². The lowest BCUT2D eigenvalue weighted by Gasteiger charge is -2.37. The van der Waals surface area contributed by atoms with Gasteiger partial charge in [-0.05, 0) is 98.5 Å². The number of imide groups is 2. The molecule has 4 aliphatic rings. The maximum Gasteiger partial charge on any atom is 0.262 e. The molecule has 2 aromatic heterocycles. The predicted octanol–water partition coefficient (Wildman–Crippen LogP) is 5.14. The summed E-state index contributed by atoms with van der Waals surface area (Å²) in [5.41, 5.74) is 9.25. The Bertz CT molecular complexity index is 2430. The second-order valence-electron chi connectivity index (χ2n) is 15.5. The Morgan fingerprint density at radius 1 is 0.839 bits per heavy atom. The molecule has 5 aromatic rings. The Morgan fingerprint density at radius 3 is 2.46 bits per heavy atom. The minimum Gasteiger partial charge on any atom is -0.371 e. The van der Waals surface area contributed by atoms with Crippen LogP contribution in [0.1, 0.15) is 68.7 Å². The van der Waals surface area contributed by atoms with Gasteiger partial charge in [-0.25, -0.2) is 9.67 Å². The second-order valence-corrected chi connectivity index (χ2v) is 15.5. The van der Waals surface area contributed by atoms with E-state index in [4.69, 9.17) is 10.1 Å². The van der Waals surface area contributed by atoms with E-state index in [1.54, 1.807) is 16.8 Å². The normalized spacial score (nSPS) is 19.0. The minimum atomic E-state index is -0.966. The van der Waals surface area contributed by atoms with E-state index in [-0.39, 0.29) is 18.7 Å². The lowest BCUT2D eigenvalue weighted by molar-refractivity contribution is -0.136. The fraction of sp³-hybridized carbons (Fsp3) is 0.357. The molecule has 4 amide bonds. The average Bonchev–Trinajstić information content (AvgIpc) is 3.63. The van der Waals surface area contributed by atoms with Gasteiger partial charge < -0.3 is 15.5 Å². The highest BCUT2D eigenvalue weighted by molar-refractivity contribution is 6.23. The Kier molecular flexibility index (Phi) is 8.99. The summed E-state index contributed by atoms with van der Waals surface area (Å²) in [7, 11) is 1.89. The number of anilines is 5. The topological polar surface area (TPSA) is 158 Å². The Labute approximate surface area is 324 Å². The number of nitrogens with one attached hydrogen (secondary N) is 3. The fourth-order valence-electron chi connectivity index (χ4n) is 8.64. The molecule has 2 fully saturated rings. The number of piperidine rings is 2. The lowest BCUT2D eigenvalue weighted by Crippen LogP contribution is -2.54. The van der Waals surface area contributed by atoms with E-state index in [1.165, 1.54) is 16.7 Å². The Hall–Kier alpha value is -6.15. The number of hydrogen-bond acceptors (Lipinski definition) is 11. The van der Waals surface area contributed by atoms with Crippen LogP contribution in [-0.4, -0.2) is 85.4 Å². The number of rotatable bonds is 8. The van der Waals surface area contributed by atoms with Gasteiger partial charge in [-0.1, -0.05) is 23.8 Å². The van der Waals surface area contributed by atoms with Crippen LogP contribution in [0.15, 0.2) is 60.8 Å². The second kappa shape index (κ2) is 14.2. The van der Waals surface area contributed by atoms with Crippen LogP contribution in [0.5, 0.6) is 0 Å². The van der Waals surface area contributed by atoms with Crippen molar-refractivity contribution in [3.63, 3.8) is 0 Å². The SMILES string of the molecule is Cc1ccc(Nc2nn(C)c3nc(Nc4ccc5c(c4)CN(CC4CCN(c6ccc7c(c6)C(=O)N(C6CCC(=O)NC6=O)C7=O)CC4)CC5)ncc23)c(C)c1. The Balaban J connectivity index is 0.808. The van der Waals surface area contributed by atoms with Crippen molar-refractivity contribution >= 4 is 63.5 Å². The van der Waals surface area contributed by atoms with Crippen LogP contribution in [-0.2, 0) is 29.6 Å². The van der Waals surface area contributed by atoms with Crippen LogP contribution in [0.3, 0.4) is 0 Å². The van der Waals surface area contributed by atoms with E-state index >= 15 is 0 Å². The van der Waals surface area contributed by atoms with Gasteiger partial charge in [-0.2, -0.15) is 10.1 Å². The van der Waals surface area contributed by atoms with E-state index < -0.39 is 23.8 Å². The zero-order valence-electron chi connectivity index (χ0n) is 31.8. The van der Waals surface area contributed by atoms with Gasteiger partial charge in [-0.15, -0.1) is 0 Å². The highest BCUT2D eigenvalue weighted by Gasteiger charge is 2.45. The van der Waals surface area contributed by atoms with Crippen LogP contribution >= 0.6 is 0 Å². The first kappa shape index (κ1) is 35.5. The maximum atomic E-state index is 13.4. The third kappa shape index (κ3) is 6.63. The first-order valence-corrected chi connectivity index (χ1v) is 19.3. The summed E-state index contributed by atoms with van der Waals surface area (Å²) in [5.74, 6) is -0.157. The van der Waals surface area contributed by atoms with Gasteiger partial charge in [0.25, 0.3) is 11.8 Å². The molecule has 0 spiro atoms. The molecule has 4 aliphatic heterocycles. The van der Waals surface area contributed by atoms with E-state index in [2.05, 4.69) is 81.0 Å². The number of carbonyl (C=O) groups excluding carboxylic acids is 4. The molecule has 0 radical (unpaired) electrons. The summed E-state index contributed by atoms with van der Waals surface area (Å²) in [6, 6.07) is 17.2. The molecule has 14 heteroatoms. The van der Waals surface area contributed by atoms with Crippen LogP contribution in [0.4, 0.5) is 28.8 Å². The molecule has 3 N–H and O–H groups in total. The molecule has 286 valence electrons. The predicted molar refractivity (Wildman–Crippen MR) is 212 cm³/mol. The number of aromatic nitrogens is 4. The average molecular weight is 753 g/mol. The van der Waals surface area contributed by atoms with Crippen molar-refractivity contribution in [3.8, 4) is 0 Å². The molecule has 1 unspecified atom stereocenters. The molecule has 14 nitrogen and oxygen atoms in total. The molecule has 9 rings (SSSR count). The summed E-state index contributed by atoms with van der Waals surface area (Å²) in [5, 5.41) is 14.7. The van der Waals surface area contributed by atoms with E-state index in [1.807, 2.05) is 19.3 Å². The molecule has 0 saturated carbocycles. The van der Waals surface area contributed by atoms with Crippen molar-refractivity contribution < 1.29 is 19.2 Å². The first-order chi connectivity index (χ1) is 27.1. The maximum absolute atomic E-state index is 13.4. The van der Waals surface area contributed by atoms with Crippen molar-refractivity contribution in [2.75, 3.05) is 41.7 Å². The van der Waals surface area contributed by atoms with Crippen LogP contribution in [0.25, 0.3) is 11.0 Å². The van der Waals surface area contributed by atoms with Gasteiger partial charge in [0.05, 0.1) is 16.5 Å². The van der Waals surface area contributed by atoms with E-state index in [0.29, 0.717) is 23.0 Å². The molecule has 6 heterocycles. The van der Waals surface area contributed by atoms with Gasteiger partial charge in [0.1, 0.15) is 6.04 Å². The van der Waals surface area contributed by atoms with Crippen LogP contribution < -0.4 is 20.9 Å². The van der Waals surface area contributed by atoms with Crippen LogP contribution in [0.2, 0.25) is 0 Å². The number of amides is 4.